The summed E-state index contributed by atoms with van der Waals surface area (Å²) in [6.45, 7) is 7.76. The molecule has 144 valence electrons. The zero-order valence-corrected chi connectivity index (χ0v) is 17.0. The van der Waals surface area contributed by atoms with E-state index in [0.29, 0.717) is 12.1 Å². The monoisotopic (exact) mass is 363 g/mol. The van der Waals surface area contributed by atoms with E-state index in [1.54, 1.807) is 0 Å². The molecule has 2 atom stereocenters. The fraction of sp³-hybridized carbons (Fsp3) is 0.520. The summed E-state index contributed by atoms with van der Waals surface area (Å²) < 4.78 is 0. The van der Waals surface area contributed by atoms with Crippen molar-refractivity contribution in [2.24, 2.45) is 0 Å². The quantitative estimate of drug-likeness (QED) is 0.818. The molecule has 0 saturated carbocycles. The number of nitrogens with zero attached hydrogens (tertiary/aromatic N) is 1. The summed E-state index contributed by atoms with van der Waals surface area (Å²) in [7, 11) is 0. The largest absolute Gasteiger partial charge is 0.389 e. The Kier molecular flexibility index (Phi) is 4.90. The van der Waals surface area contributed by atoms with Gasteiger partial charge in [0.1, 0.15) is 0 Å². The van der Waals surface area contributed by atoms with E-state index in [1.165, 1.54) is 29.5 Å². The fourth-order valence-corrected chi connectivity index (χ4v) is 5.11. The molecule has 2 saturated heterocycles. The minimum Gasteiger partial charge on any atom is -0.389 e. The Labute approximate surface area is 164 Å². The van der Waals surface area contributed by atoms with Crippen LogP contribution >= 0.6 is 0 Å². The van der Waals surface area contributed by atoms with Crippen molar-refractivity contribution >= 4 is 0 Å². The van der Waals surface area contributed by atoms with Gasteiger partial charge in [0, 0.05) is 25.0 Å². The Morgan fingerprint density at radius 1 is 0.889 bits per heavy atom. The highest BCUT2D eigenvalue weighted by Crippen LogP contribution is 2.43. The summed E-state index contributed by atoms with van der Waals surface area (Å²) in [5.74, 6) is 0. The zero-order valence-electron chi connectivity index (χ0n) is 17.0. The van der Waals surface area contributed by atoms with Gasteiger partial charge in [-0.1, -0.05) is 75.4 Å². The summed E-state index contributed by atoms with van der Waals surface area (Å²) in [5.41, 5.74) is 3.63. The average Bonchev–Trinajstić information content (AvgIpc) is 2.86. The minimum absolute atomic E-state index is 0.178. The van der Waals surface area contributed by atoms with Crippen LogP contribution in [0, 0.1) is 0 Å². The molecule has 2 heteroatoms. The standard InChI is InChI=1S/C25H33NO/c1-24(2,3)21-11-9-19(10-12-21)15-25(27)16-22-13-14-23(17-25)26(22)18-20-7-5-4-6-8-20/h4-12,22-23,27H,13-18H2,1-3H3. The highest BCUT2D eigenvalue weighted by molar-refractivity contribution is 5.29. The first-order valence-electron chi connectivity index (χ1n) is 10.4. The maximum absolute atomic E-state index is 11.4. The van der Waals surface area contributed by atoms with Crippen molar-refractivity contribution in [3.63, 3.8) is 0 Å². The molecule has 0 aliphatic carbocycles. The van der Waals surface area contributed by atoms with E-state index in [-0.39, 0.29) is 5.41 Å². The second kappa shape index (κ2) is 7.07. The summed E-state index contributed by atoms with van der Waals surface area (Å²) in [6.07, 6.45) is 5.03. The lowest BCUT2D eigenvalue weighted by molar-refractivity contribution is -0.0540. The molecular weight excluding hydrogens is 330 g/mol. The van der Waals surface area contributed by atoms with Crippen molar-refractivity contribution in [3.8, 4) is 0 Å². The Hall–Kier alpha value is -1.64. The third kappa shape index (κ3) is 4.12. The van der Waals surface area contributed by atoms with Crippen LogP contribution < -0.4 is 0 Å². The average molecular weight is 364 g/mol. The summed E-state index contributed by atoms with van der Waals surface area (Å²) in [5, 5.41) is 11.4. The normalized spacial score (nSPS) is 28.4. The van der Waals surface area contributed by atoms with Gasteiger partial charge in [0.05, 0.1) is 5.60 Å². The van der Waals surface area contributed by atoms with Gasteiger partial charge in [-0.3, -0.25) is 4.90 Å². The molecule has 2 heterocycles. The minimum atomic E-state index is -0.553. The Balaban J connectivity index is 1.44. The Bertz CT molecular complexity index is 745. The van der Waals surface area contributed by atoms with Crippen LogP contribution in [0.5, 0.6) is 0 Å². The van der Waals surface area contributed by atoms with Crippen LogP contribution in [-0.2, 0) is 18.4 Å². The second-order valence-electron chi connectivity index (χ2n) is 9.80. The molecule has 2 bridgehead atoms. The van der Waals surface area contributed by atoms with E-state index in [2.05, 4.69) is 80.3 Å². The summed E-state index contributed by atoms with van der Waals surface area (Å²) in [4.78, 5) is 2.65. The van der Waals surface area contributed by atoms with Crippen LogP contribution in [0.4, 0.5) is 0 Å². The van der Waals surface area contributed by atoms with E-state index < -0.39 is 5.60 Å². The first-order chi connectivity index (χ1) is 12.8. The highest BCUT2D eigenvalue weighted by atomic mass is 16.3. The van der Waals surface area contributed by atoms with E-state index in [4.69, 9.17) is 0 Å². The Morgan fingerprint density at radius 2 is 1.48 bits per heavy atom. The van der Waals surface area contributed by atoms with Crippen LogP contribution in [0.2, 0.25) is 0 Å². The van der Waals surface area contributed by atoms with Crippen LogP contribution in [-0.4, -0.2) is 27.7 Å². The molecule has 0 aromatic heterocycles. The maximum atomic E-state index is 11.4. The van der Waals surface area contributed by atoms with Crippen LogP contribution in [0.15, 0.2) is 54.6 Å². The van der Waals surface area contributed by atoms with Gasteiger partial charge in [-0.15, -0.1) is 0 Å². The van der Waals surface area contributed by atoms with Gasteiger partial charge in [0.2, 0.25) is 0 Å². The molecule has 2 aliphatic heterocycles. The third-order valence-corrected chi connectivity index (χ3v) is 6.56. The number of piperidine rings is 1. The topological polar surface area (TPSA) is 23.5 Å². The van der Waals surface area contributed by atoms with Gasteiger partial charge in [-0.05, 0) is 47.8 Å². The second-order valence-corrected chi connectivity index (χ2v) is 9.80. The van der Waals surface area contributed by atoms with Crippen molar-refractivity contribution in [1.82, 2.24) is 4.90 Å². The first-order valence-corrected chi connectivity index (χ1v) is 10.4. The smallest absolute Gasteiger partial charge is 0.0717 e. The number of rotatable bonds is 4. The van der Waals surface area contributed by atoms with E-state index >= 15 is 0 Å². The molecule has 2 unspecified atom stereocenters. The molecule has 4 rings (SSSR count). The van der Waals surface area contributed by atoms with Crippen molar-refractivity contribution in [2.45, 2.75) is 82.5 Å². The molecule has 27 heavy (non-hydrogen) atoms. The van der Waals surface area contributed by atoms with Crippen LogP contribution in [0.25, 0.3) is 0 Å². The number of fused-ring (bicyclic) bond motifs is 2. The molecule has 2 aliphatic rings. The van der Waals surface area contributed by atoms with Crippen molar-refractivity contribution < 1.29 is 5.11 Å². The lowest BCUT2D eigenvalue weighted by Gasteiger charge is -2.44. The summed E-state index contributed by atoms with van der Waals surface area (Å²) in [6, 6.07) is 20.7. The van der Waals surface area contributed by atoms with Crippen LogP contribution in [0.1, 0.15) is 63.1 Å². The van der Waals surface area contributed by atoms with E-state index in [9.17, 15) is 5.11 Å². The van der Waals surface area contributed by atoms with E-state index in [0.717, 1.165) is 25.8 Å². The molecular formula is C25H33NO. The molecule has 2 fully saturated rings. The molecule has 2 nitrogen and oxygen atoms in total. The SMILES string of the molecule is CC(C)(C)c1ccc(CC2(O)CC3CCC(C2)N3Cc2ccccc2)cc1. The third-order valence-electron chi connectivity index (χ3n) is 6.56. The van der Waals surface area contributed by atoms with Crippen molar-refractivity contribution in [1.29, 1.82) is 0 Å². The molecule has 2 aromatic rings. The molecule has 0 spiro atoms. The lowest BCUT2D eigenvalue weighted by atomic mass is 9.80. The van der Waals surface area contributed by atoms with Crippen molar-refractivity contribution in [2.75, 3.05) is 0 Å². The molecule has 0 amide bonds. The fourth-order valence-electron chi connectivity index (χ4n) is 5.11. The Morgan fingerprint density at radius 3 is 2.04 bits per heavy atom. The number of aliphatic hydroxyl groups is 1. The van der Waals surface area contributed by atoms with Gasteiger partial charge in [-0.25, -0.2) is 0 Å². The number of hydrogen-bond acceptors (Lipinski definition) is 2. The van der Waals surface area contributed by atoms with Gasteiger partial charge in [-0.2, -0.15) is 0 Å². The molecule has 1 N–H and O–H groups in total. The van der Waals surface area contributed by atoms with E-state index in [1.807, 2.05) is 0 Å². The van der Waals surface area contributed by atoms with Crippen LogP contribution in [0.3, 0.4) is 0 Å². The van der Waals surface area contributed by atoms with Gasteiger partial charge in [0.15, 0.2) is 0 Å². The molecule has 2 aromatic carbocycles. The lowest BCUT2D eigenvalue weighted by Crippen LogP contribution is -2.51. The van der Waals surface area contributed by atoms with Gasteiger partial charge >= 0.3 is 0 Å². The predicted octanol–water partition coefficient (Wildman–Crippen LogP) is 5.08. The molecule has 0 radical (unpaired) electrons. The number of benzene rings is 2. The predicted molar refractivity (Wildman–Crippen MR) is 112 cm³/mol. The van der Waals surface area contributed by atoms with Gasteiger partial charge < -0.3 is 5.11 Å². The highest BCUT2D eigenvalue weighted by Gasteiger charge is 2.47. The first kappa shape index (κ1) is 18.7. The number of hydrogen-bond donors (Lipinski definition) is 1. The maximum Gasteiger partial charge on any atom is 0.0717 e. The van der Waals surface area contributed by atoms with Gasteiger partial charge in [0.25, 0.3) is 0 Å². The van der Waals surface area contributed by atoms with Crippen molar-refractivity contribution in [3.05, 3.63) is 71.3 Å². The summed E-state index contributed by atoms with van der Waals surface area (Å²) >= 11 is 0. The zero-order chi connectivity index (χ0) is 19.1.